The van der Waals surface area contributed by atoms with E-state index in [4.69, 9.17) is 14.9 Å². The fourth-order valence-corrected chi connectivity index (χ4v) is 2.87. The summed E-state index contributed by atoms with van der Waals surface area (Å²) in [5.74, 6) is 5.18. The van der Waals surface area contributed by atoms with Crippen LogP contribution in [0.3, 0.4) is 0 Å². The molecule has 20 heavy (non-hydrogen) atoms. The molecule has 2 aromatic carbocycles. The summed E-state index contributed by atoms with van der Waals surface area (Å²) in [7, 11) is -9.60. The molecule has 0 saturated carbocycles. The molecule has 4 N–H and O–H groups in total. The van der Waals surface area contributed by atoms with Crippen molar-refractivity contribution in [3.8, 4) is 0 Å². The van der Waals surface area contributed by atoms with Gasteiger partial charge in [0.2, 0.25) is 0 Å². The highest BCUT2D eigenvalue weighted by Gasteiger charge is 2.25. The Morgan fingerprint density at radius 3 is 1.90 bits per heavy atom. The van der Waals surface area contributed by atoms with E-state index in [0.29, 0.717) is 10.8 Å². The van der Waals surface area contributed by atoms with Crippen LogP contribution in [0.2, 0.25) is 0 Å². The van der Waals surface area contributed by atoms with Gasteiger partial charge in [0.05, 0.1) is 5.69 Å². The fraction of sp³-hybridized carbons (Fsp3) is 0. The van der Waals surface area contributed by atoms with Crippen molar-refractivity contribution in [3.05, 3.63) is 36.4 Å². The first kappa shape index (κ1) is 14.7. The van der Waals surface area contributed by atoms with Gasteiger partial charge in [-0.05, 0) is 22.9 Å². The highest BCUT2D eigenvalue weighted by Crippen LogP contribution is 2.30. The van der Waals surface area contributed by atoms with Gasteiger partial charge in [-0.25, -0.2) is 5.84 Å². The van der Waals surface area contributed by atoms with Gasteiger partial charge in [0.15, 0.2) is 0 Å². The lowest BCUT2D eigenvalue weighted by Crippen LogP contribution is -2.37. The average Bonchev–Trinajstić information content (AvgIpc) is 2.34. The Bertz CT molecular complexity index is 876. The molecule has 0 saturated heterocycles. The highest BCUT2D eigenvalue weighted by atomic mass is 32.2. The van der Waals surface area contributed by atoms with Crippen molar-refractivity contribution in [1.29, 1.82) is 0 Å². The van der Waals surface area contributed by atoms with Crippen LogP contribution in [0.5, 0.6) is 0 Å². The van der Waals surface area contributed by atoms with Gasteiger partial charge < -0.3 is 0 Å². The highest BCUT2D eigenvalue weighted by molar-refractivity contribution is 7.87. The minimum atomic E-state index is -4.87. The van der Waals surface area contributed by atoms with Gasteiger partial charge in [-0.1, -0.05) is 24.3 Å². The molecule has 108 valence electrons. The Labute approximate surface area is 115 Å². The maximum Gasteiger partial charge on any atom is 0.373 e. The quantitative estimate of drug-likeness (QED) is 0.427. The molecule has 2 aromatic rings. The van der Waals surface area contributed by atoms with E-state index >= 15 is 0 Å². The SMILES string of the molecule is NN(c1cc2ccccc2cc1S(=O)(=O)O)S(=O)(=O)O. The van der Waals surface area contributed by atoms with Crippen LogP contribution in [0, 0.1) is 0 Å². The predicted molar refractivity (Wildman–Crippen MR) is 72.0 cm³/mol. The first-order chi connectivity index (χ1) is 9.10. The van der Waals surface area contributed by atoms with Crippen LogP contribution in [0.15, 0.2) is 41.3 Å². The van der Waals surface area contributed by atoms with Crippen LogP contribution in [0.1, 0.15) is 0 Å². The van der Waals surface area contributed by atoms with E-state index in [-0.39, 0.29) is 4.41 Å². The fourth-order valence-electron chi connectivity index (χ4n) is 1.71. The number of benzene rings is 2. The summed E-state index contributed by atoms with van der Waals surface area (Å²) in [4.78, 5) is -0.726. The van der Waals surface area contributed by atoms with Crippen LogP contribution in [-0.4, -0.2) is 25.9 Å². The molecule has 0 fully saturated rings. The van der Waals surface area contributed by atoms with E-state index < -0.39 is 31.0 Å². The number of fused-ring (bicyclic) bond motifs is 1. The molecular formula is C10H10N2O6S2. The van der Waals surface area contributed by atoms with Crippen LogP contribution in [0.4, 0.5) is 5.69 Å². The maximum atomic E-state index is 11.3. The molecule has 0 aliphatic carbocycles. The molecule has 0 unspecified atom stereocenters. The second-order valence-corrected chi connectivity index (χ2v) is 6.59. The Morgan fingerprint density at radius 1 is 0.950 bits per heavy atom. The summed E-state index contributed by atoms with van der Waals surface area (Å²) < 4.78 is 62.6. The Kier molecular flexibility index (Phi) is 3.44. The molecule has 0 bridgehead atoms. The van der Waals surface area contributed by atoms with E-state index in [2.05, 4.69) is 0 Å². The largest absolute Gasteiger partial charge is 0.373 e. The van der Waals surface area contributed by atoms with Crippen molar-refractivity contribution >= 4 is 36.9 Å². The van der Waals surface area contributed by atoms with Gasteiger partial charge in [-0.2, -0.15) is 21.2 Å². The van der Waals surface area contributed by atoms with Crippen molar-refractivity contribution in [2.24, 2.45) is 5.84 Å². The van der Waals surface area contributed by atoms with Crippen molar-refractivity contribution in [1.82, 2.24) is 0 Å². The number of nitrogens with zero attached hydrogens (tertiary/aromatic N) is 1. The summed E-state index contributed by atoms with van der Waals surface area (Å²) in [6.07, 6.45) is 0. The summed E-state index contributed by atoms with van der Waals surface area (Å²) in [5.41, 5.74) is -0.561. The number of hydrogen-bond donors (Lipinski definition) is 3. The zero-order valence-corrected chi connectivity index (χ0v) is 11.5. The monoisotopic (exact) mass is 318 g/mol. The topological polar surface area (TPSA) is 138 Å². The lowest BCUT2D eigenvalue weighted by Gasteiger charge is -2.17. The predicted octanol–water partition coefficient (Wildman–Crippen LogP) is 0.569. The van der Waals surface area contributed by atoms with Gasteiger partial charge >= 0.3 is 10.3 Å². The zero-order chi connectivity index (χ0) is 15.1. The van der Waals surface area contributed by atoms with Crippen molar-refractivity contribution < 1.29 is 25.9 Å². The molecule has 2 rings (SSSR count). The normalized spacial score (nSPS) is 12.6. The molecule has 0 aliphatic rings. The third-order valence-corrected chi connectivity index (χ3v) is 4.17. The van der Waals surface area contributed by atoms with Crippen LogP contribution >= 0.6 is 0 Å². The smallest absolute Gasteiger partial charge is 0.282 e. The van der Waals surface area contributed by atoms with Crippen molar-refractivity contribution in [3.63, 3.8) is 0 Å². The van der Waals surface area contributed by atoms with Gasteiger partial charge in [0.1, 0.15) is 4.90 Å². The van der Waals surface area contributed by atoms with E-state index in [9.17, 15) is 16.8 Å². The third-order valence-electron chi connectivity index (χ3n) is 2.59. The van der Waals surface area contributed by atoms with Gasteiger partial charge in [0.25, 0.3) is 10.1 Å². The van der Waals surface area contributed by atoms with E-state index in [1.807, 2.05) is 0 Å². The molecule has 0 radical (unpaired) electrons. The Morgan fingerprint density at radius 2 is 1.45 bits per heavy atom. The van der Waals surface area contributed by atoms with Crippen molar-refractivity contribution in [2.75, 3.05) is 4.41 Å². The molecular weight excluding hydrogens is 308 g/mol. The molecule has 8 nitrogen and oxygen atoms in total. The second kappa shape index (κ2) is 4.68. The van der Waals surface area contributed by atoms with Gasteiger partial charge in [-0.15, -0.1) is 0 Å². The zero-order valence-electron chi connectivity index (χ0n) is 9.83. The molecule has 10 heteroatoms. The standard InChI is InChI=1S/C10H10N2O6S2/c11-12(20(16,17)18)9-5-7-3-1-2-4-8(7)6-10(9)19(13,14)15/h1-6H,11H2,(H,13,14,15)(H,16,17,18). The summed E-state index contributed by atoms with van der Waals surface area (Å²) in [6, 6.07) is 8.64. The van der Waals surface area contributed by atoms with Crippen LogP contribution in [0.25, 0.3) is 10.8 Å². The second-order valence-electron chi connectivity index (χ2n) is 3.92. The van der Waals surface area contributed by atoms with Crippen LogP contribution in [-0.2, 0) is 20.4 Å². The molecule has 0 aromatic heterocycles. The number of nitrogens with two attached hydrogens (primary N) is 1. The first-order valence-electron chi connectivity index (χ1n) is 5.13. The first-order valence-corrected chi connectivity index (χ1v) is 7.97. The minimum absolute atomic E-state index is 0.122. The Hall–Kier alpha value is -1.72. The van der Waals surface area contributed by atoms with Crippen LogP contribution < -0.4 is 10.3 Å². The molecule has 0 atom stereocenters. The summed E-state index contributed by atoms with van der Waals surface area (Å²) >= 11 is 0. The molecule has 0 heterocycles. The van der Waals surface area contributed by atoms with E-state index in [1.54, 1.807) is 24.3 Å². The summed E-state index contributed by atoms with van der Waals surface area (Å²) in [5, 5.41) is 0.932. The molecule has 0 aliphatic heterocycles. The lowest BCUT2D eigenvalue weighted by molar-refractivity contribution is 0.477. The summed E-state index contributed by atoms with van der Waals surface area (Å²) in [6.45, 7) is 0. The average molecular weight is 318 g/mol. The third kappa shape index (κ3) is 2.73. The van der Waals surface area contributed by atoms with Gasteiger partial charge in [0, 0.05) is 0 Å². The van der Waals surface area contributed by atoms with E-state index in [0.717, 1.165) is 12.1 Å². The van der Waals surface area contributed by atoms with Gasteiger partial charge in [-0.3, -0.25) is 9.11 Å². The lowest BCUT2D eigenvalue weighted by atomic mass is 10.1. The number of rotatable bonds is 3. The number of anilines is 1. The van der Waals surface area contributed by atoms with Crippen molar-refractivity contribution in [2.45, 2.75) is 4.90 Å². The van der Waals surface area contributed by atoms with E-state index in [1.165, 1.54) is 0 Å². The molecule has 0 amide bonds. The number of hydrazine groups is 1. The molecule has 0 spiro atoms. The number of hydrogen-bond acceptors (Lipinski definition) is 5. The minimum Gasteiger partial charge on any atom is -0.282 e. The Balaban J connectivity index is 2.87. The maximum absolute atomic E-state index is 11.3.